The molecule has 0 atom stereocenters. The van der Waals surface area contributed by atoms with E-state index in [-0.39, 0.29) is 12.5 Å². The highest BCUT2D eigenvalue weighted by Gasteiger charge is 2.28. The summed E-state index contributed by atoms with van der Waals surface area (Å²) >= 11 is 0. The summed E-state index contributed by atoms with van der Waals surface area (Å²) in [5, 5.41) is 1.81. The van der Waals surface area contributed by atoms with Crippen LogP contribution < -0.4 is 5.32 Å². The van der Waals surface area contributed by atoms with E-state index >= 15 is 0 Å². The molecule has 1 fully saturated rings. The Balaban J connectivity index is 1.78. The number of carbonyl (C=O) groups excluding carboxylic acids is 2. The van der Waals surface area contributed by atoms with Gasteiger partial charge in [0.05, 0.1) is 6.54 Å². The highest BCUT2D eigenvalue weighted by atomic mass is 19.4. The smallest absolute Gasteiger partial charge is 0.346 e. The standard InChI is InChI=1S/C15H17F4N3O2/c16-12-3-1-11(2-4-12)14(24)22-7-5-21(6-8-22)9-13(23)20-10-15(17,18)19/h1-4H,5-10H2,(H,20,23). The zero-order chi connectivity index (χ0) is 17.7. The van der Waals surface area contributed by atoms with Gasteiger partial charge in [0.2, 0.25) is 5.91 Å². The molecule has 1 N–H and O–H groups in total. The van der Waals surface area contributed by atoms with E-state index in [1.165, 1.54) is 24.3 Å². The summed E-state index contributed by atoms with van der Waals surface area (Å²) in [5.74, 6) is -1.37. The molecule has 0 saturated carbocycles. The monoisotopic (exact) mass is 347 g/mol. The first kappa shape index (κ1) is 18.2. The molecular formula is C15H17F4N3O2. The van der Waals surface area contributed by atoms with Crippen molar-refractivity contribution in [1.82, 2.24) is 15.1 Å². The molecule has 1 aromatic carbocycles. The molecule has 1 aliphatic heterocycles. The van der Waals surface area contributed by atoms with Gasteiger partial charge in [-0.15, -0.1) is 0 Å². The molecule has 0 unspecified atom stereocenters. The highest BCUT2D eigenvalue weighted by Crippen LogP contribution is 2.12. The van der Waals surface area contributed by atoms with Gasteiger partial charge in [-0.1, -0.05) is 0 Å². The molecule has 1 aromatic rings. The zero-order valence-corrected chi connectivity index (χ0v) is 12.8. The molecule has 9 heteroatoms. The lowest BCUT2D eigenvalue weighted by molar-refractivity contribution is -0.139. The van der Waals surface area contributed by atoms with E-state index in [0.717, 1.165) is 0 Å². The number of hydrogen-bond donors (Lipinski definition) is 1. The van der Waals surface area contributed by atoms with E-state index < -0.39 is 24.4 Å². The first-order valence-electron chi connectivity index (χ1n) is 7.35. The van der Waals surface area contributed by atoms with Gasteiger partial charge in [-0.3, -0.25) is 14.5 Å². The van der Waals surface area contributed by atoms with E-state index in [0.29, 0.717) is 31.7 Å². The van der Waals surface area contributed by atoms with Crippen LogP contribution in [-0.2, 0) is 4.79 Å². The van der Waals surface area contributed by atoms with Crippen molar-refractivity contribution in [3.05, 3.63) is 35.6 Å². The molecule has 2 rings (SSSR count). The Hall–Kier alpha value is -2.16. The van der Waals surface area contributed by atoms with Crippen LogP contribution in [0.1, 0.15) is 10.4 Å². The summed E-state index contributed by atoms with van der Waals surface area (Å²) in [5.41, 5.74) is 0.368. The van der Waals surface area contributed by atoms with Gasteiger partial charge in [-0.05, 0) is 24.3 Å². The number of benzene rings is 1. The predicted octanol–water partition coefficient (Wildman–Crippen LogP) is 1.26. The molecule has 0 radical (unpaired) electrons. The lowest BCUT2D eigenvalue weighted by atomic mass is 10.2. The number of halogens is 4. The molecule has 0 bridgehead atoms. The minimum absolute atomic E-state index is 0.144. The van der Waals surface area contributed by atoms with Crippen molar-refractivity contribution in [2.45, 2.75) is 6.18 Å². The van der Waals surface area contributed by atoms with Crippen molar-refractivity contribution in [2.24, 2.45) is 0 Å². The maximum absolute atomic E-state index is 12.9. The van der Waals surface area contributed by atoms with E-state index in [9.17, 15) is 27.2 Å². The lowest BCUT2D eigenvalue weighted by Crippen LogP contribution is -2.51. The summed E-state index contributed by atoms with van der Waals surface area (Å²) in [6.45, 7) is -0.0340. The Labute approximate surface area is 136 Å². The van der Waals surface area contributed by atoms with Crippen LogP contribution in [0.15, 0.2) is 24.3 Å². The minimum Gasteiger partial charge on any atom is -0.346 e. The van der Waals surface area contributed by atoms with E-state index in [4.69, 9.17) is 0 Å². The van der Waals surface area contributed by atoms with Gasteiger partial charge in [0.25, 0.3) is 5.91 Å². The molecule has 24 heavy (non-hydrogen) atoms. The molecule has 5 nitrogen and oxygen atoms in total. The average molecular weight is 347 g/mol. The molecule has 1 saturated heterocycles. The van der Waals surface area contributed by atoms with Gasteiger partial charge >= 0.3 is 6.18 Å². The average Bonchev–Trinajstić information content (AvgIpc) is 2.53. The SMILES string of the molecule is O=C(CN1CCN(C(=O)c2ccc(F)cc2)CC1)NCC(F)(F)F. The fourth-order valence-corrected chi connectivity index (χ4v) is 2.34. The number of amides is 2. The van der Waals surface area contributed by atoms with E-state index in [1.807, 2.05) is 5.32 Å². The zero-order valence-electron chi connectivity index (χ0n) is 12.8. The van der Waals surface area contributed by atoms with Crippen LogP contribution >= 0.6 is 0 Å². The Morgan fingerprint density at radius 1 is 1.04 bits per heavy atom. The second-order valence-corrected chi connectivity index (χ2v) is 5.47. The molecule has 132 valence electrons. The maximum Gasteiger partial charge on any atom is 0.405 e. The molecular weight excluding hydrogens is 330 g/mol. The minimum atomic E-state index is -4.43. The van der Waals surface area contributed by atoms with Crippen LogP contribution in [0.25, 0.3) is 0 Å². The number of hydrogen-bond acceptors (Lipinski definition) is 3. The fourth-order valence-electron chi connectivity index (χ4n) is 2.34. The van der Waals surface area contributed by atoms with Crippen LogP contribution in [0.4, 0.5) is 17.6 Å². The molecule has 2 amide bonds. The number of nitrogens with zero attached hydrogens (tertiary/aromatic N) is 2. The fraction of sp³-hybridized carbons (Fsp3) is 0.467. The lowest BCUT2D eigenvalue weighted by Gasteiger charge is -2.34. The molecule has 0 aliphatic carbocycles. The maximum atomic E-state index is 12.9. The summed E-state index contributed by atoms with van der Waals surface area (Å²) in [6.07, 6.45) is -4.43. The van der Waals surface area contributed by atoms with Crippen LogP contribution in [0.2, 0.25) is 0 Å². The van der Waals surface area contributed by atoms with Gasteiger partial charge < -0.3 is 10.2 Å². The normalized spacial score (nSPS) is 16.1. The largest absolute Gasteiger partial charge is 0.405 e. The van der Waals surface area contributed by atoms with Crippen LogP contribution in [-0.4, -0.2) is 67.1 Å². The van der Waals surface area contributed by atoms with Crippen LogP contribution in [0, 0.1) is 5.82 Å². The van der Waals surface area contributed by atoms with Crippen molar-refractivity contribution in [2.75, 3.05) is 39.3 Å². The van der Waals surface area contributed by atoms with Crippen molar-refractivity contribution < 1.29 is 27.2 Å². The molecule has 0 spiro atoms. The van der Waals surface area contributed by atoms with Gasteiger partial charge in [0, 0.05) is 31.7 Å². The third kappa shape index (κ3) is 5.48. The third-order valence-corrected chi connectivity index (χ3v) is 3.60. The second kappa shape index (κ2) is 7.61. The van der Waals surface area contributed by atoms with Gasteiger partial charge in [-0.2, -0.15) is 13.2 Å². The number of carbonyl (C=O) groups is 2. The first-order valence-corrected chi connectivity index (χ1v) is 7.35. The molecule has 1 aliphatic rings. The number of alkyl halides is 3. The number of nitrogens with one attached hydrogen (secondary N) is 1. The van der Waals surface area contributed by atoms with Crippen molar-refractivity contribution >= 4 is 11.8 Å². The Bertz CT molecular complexity index is 581. The predicted molar refractivity (Wildman–Crippen MR) is 77.8 cm³/mol. The first-order chi connectivity index (χ1) is 11.2. The summed E-state index contributed by atoms with van der Waals surface area (Å²) in [4.78, 5) is 26.9. The summed E-state index contributed by atoms with van der Waals surface area (Å²) in [7, 11) is 0. The van der Waals surface area contributed by atoms with E-state index in [2.05, 4.69) is 0 Å². The molecule has 1 heterocycles. The highest BCUT2D eigenvalue weighted by molar-refractivity contribution is 5.94. The van der Waals surface area contributed by atoms with Crippen LogP contribution in [0.5, 0.6) is 0 Å². The Kier molecular flexibility index (Phi) is 5.76. The summed E-state index contributed by atoms with van der Waals surface area (Å²) in [6, 6.07) is 5.20. The third-order valence-electron chi connectivity index (χ3n) is 3.60. The van der Waals surface area contributed by atoms with Gasteiger partial charge in [-0.25, -0.2) is 4.39 Å². The molecule has 0 aromatic heterocycles. The Morgan fingerprint density at radius 2 is 1.62 bits per heavy atom. The van der Waals surface area contributed by atoms with Crippen molar-refractivity contribution in [3.63, 3.8) is 0 Å². The quantitative estimate of drug-likeness (QED) is 0.835. The number of rotatable bonds is 4. The summed E-state index contributed by atoms with van der Waals surface area (Å²) < 4.78 is 48.9. The van der Waals surface area contributed by atoms with E-state index in [1.54, 1.807) is 9.80 Å². The Morgan fingerprint density at radius 3 is 2.17 bits per heavy atom. The van der Waals surface area contributed by atoms with Crippen molar-refractivity contribution in [1.29, 1.82) is 0 Å². The van der Waals surface area contributed by atoms with Crippen LogP contribution in [0.3, 0.4) is 0 Å². The van der Waals surface area contributed by atoms with Gasteiger partial charge in [0.1, 0.15) is 12.4 Å². The second-order valence-electron chi connectivity index (χ2n) is 5.47. The number of piperazine rings is 1. The van der Waals surface area contributed by atoms with Crippen molar-refractivity contribution in [3.8, 4) is 0 Å². The van der Waals surface area contributed by atoms with Gasteiger partial charge in [0.15, 0.2) is 0 Å². The topological polar surface area (TPSA) is 52.7 Å².